The zero-order chi connectivity index (χ0) is 26.6. The first-order valence-electron chi connectivity index (χ1n) is 11.3. The summed E-state index contributed by atoms with van der Waals surface area (Å²) >= 11 is 3.37. The second kappa shape index (κ2) is 11.2. The van der Waals surface area contributed by atoms with Crippen LogP contribution >= 0.6 is 15.9 Å². The van der Waals surface area contributed by atoms with Gasteiger partial charge in [0.05, 0.1) is 15.5 Å². The molecule has 0 radical (unpaired) electrons. The van der Waals surface area contributed by atoms with E-state index in [1.165, 1.54) is 24.3 Å². The summed E-state index contributed by atoms with van der Waals surface area (Å²) in [5, 5.41) is 4.15. The first kappa shape index (κ1) is 27.1. The fraction of sp³-hybridized carbons (Fsp3) is 0.200. The molecule has 4 rings (SSSR count). The number of rotatable bonds is 7. The molecule has 194 valence electrons. The fourth-order valence-corrected chi connectivity index (χ4v) is 7.21. The second-order valence-corrected chi connectivity index (χ2v) is 13.0. The normalized spacial score (nSPS) is 17.9. The Bertz CT molecular complexity index is 1500. The number of halogens is 1. The molecule has 0 bridgehead atoms. The van der Waals surface area contributed by atoms with Crippen LogP contribution in [0.4, 0.5) is 0 Å². The van der Waals surface area contributed by atoms with Crippen molar-refractivity contribution >= 4 is 47.6 Å². The summed E-state index contributed by atoms with van der Waals surface area (Å²) in [7, 11) is -8.04. The predicted molar refractivity (Wildman–Crippen MR) is 144 cm³/mol. The standard InChI is InChI=1S/C25H25BrN4O5S2/c1-19(20-12-14-21(26)15-13-20)27-28-25(31)24-18-29(36(32,33)22-8-4-2-5-9-22)16-17-30(24)37(34,35)23-10-6-3-7-11-23/h2-15,24H,16-18H2,1H3,(H,28,31)/b27-19-/t24-/m1/s1. The van der Waals surface area contributed by atoms with Crippen molar-refractivity contribution in [2.24, 2.45) is 5.10 Å². The van der Waals surface area contributed by atoms with Gasteiger partial charge in [-0.3, -0.25) is 4.79 Å². The van der Waals surface area contributed by atoms with Gasteiger partial charge in [-0.1, -0.05) is 64.5 Å². The van der Waals surface area contributed by atoms with Crippen molar-refractivity contribution in [3.05, 3.63) is 95.0 Å². The lowest BCUT2D eigenvalue weighted by Crippen LogP contribution is -2.60. The predicted octanol–water partition coefficient (Wildman–Crippen LogP) is 3.05. The topological polar surface area (TPSA) is 116 Å². The zero-order valence-corrected chi connectivity index (χ0v) is 23.1. The molecule has 1 aliphatic rings. The van der Waals surface area contributed by atoms with Crippen LogP contribution in [-0.4, -0.2) is 62.7 Å². The van der Waals surface area contributed by atoms with E-state index in [0.717, 1.165) is 18.6 Å². The summed E-state index contributed by atoms with van der Waals surface area (Å²) in [6.07, 6.45) is 0. The van der Waals surface area contributed by atoms with Crippen LogP contribution in [0.3, 0.4) is 0 Å². The minimum absolute atomic E-state index is 0.0155. The molecule has 37 heavy (non-hydrogen) atoms. The zero-order valence-electron chi connectivity index (χ0n) is 19.9. The van der Waals surface area contributed by atoms with Crippen molar-refractivity contribution < 1.29 is 21.6 Å². The minimum Gasteiger partial charge on any atom is -0.271 e. The van der Waals surface area contributed by atoms with Crippen molar-refractivity contribution in [3.63, 3.8) is 0 Å². The number of carbonyl (C=O) groups is 1. The van der Waals surface area contributed by atoms with Crippen LogP contribution in [0.1, 0.15) is 12.5 Å². The minimum atomic E-state index is -4.09. The number of carbonyl (C=O) groups excluding carboxylic acids is 1. The molecule has 1 amide bonds. The number of nitrogens with one attached hydrogen (secondary N) is 1. The Labute approximate surface area is 225 Å². The van der Waals surface area contributed by atoms with E-state index in [2.05, 4.69) is 26.5 Å². The van der Waals surface area contributed by atoms with E-state index in [-0.39, 0.29) is 29.4 Å². The third kappa shape index (κ3) is 5.99. The van der Waals surface area contributed by atoms with E-state index < -0.39 is 32.0 Å². The molecule has 0 aromatic heterocycles. The van der Waals surface area contributed by atoms with Gasteiger partial charge in [-0.25, -0.2) is 22.3 Å². The van der Waals surface area contributed by atoms with E-state index in [9.17, 15) is 21.6 Å². The molecule has 0 saturated carbocycles. The summed E-state index contributed by atoms with van der Waals surface area (Å²) < 4.78 is 56.5. The van der Waals surface area contributed by atoms with Crippen LogP contribution < -0.4 is 5.43 Å². The lowest BCUT2D eigenvalue weighted by Gasteiger charge is -2.38. The van der Waals surface area contributed by atoms with Gasteiger partial charge in [-0.15, -0.1) is 0 Å². The molecule has 9 nitrogen and oxygen atoms in total. The highest BCUT2D eigenvalue weighted by Gasteiger charge is 2.43. The van der Waals surface area contributed by atoms with Gasteiger partial charge in [0.2, 0.25) is 20.0 Å². The maximum atomic E-state index is 13.5. The van der Waals surface area contributed by atoms with Crippen LogP contribution in [0, 0.1) is 0 Å². The largest absolute Gasteiger partial charge is 0.271 e. The first-order valence-corrected chi connectivity index (χ1v) is 15.0. The Kier molecular flexibility index (Phi) is 8.24. The highest BCUT2D eigenvalue weighted by molar-refractivity contribution is 9.10. The van der Waals surface area contributed by atoms with Gasteiger partial charge in [0.25, 0.3) is 5.91 Å². The van der Waals surface area contributed by atoms with E-state index in [0.29, 0.717) is 5.71 Å². The number of hydrogen-bond acceptors (Lipinski definition) is 6. The van der Waals surface area contributed by atoms with E-state index >= 15 is 0 Å². The van der Waals surface area contributed by atoms with Crippen LogP contribution in [0.5, 0.6) is 0 Å². The monoisotopic (exact) mass is 604 g/mol. The van der Waals surface area contributed by atoms with Gasteiger partial charge in [0.1, 0.15) is 6.04 Å². The van der Waals surface area contributed by atoms with Gasteiger partial charge in [-0.2, -0.15) is 13.7 Å². The maximum Gasteiger partial charge on any atom is 0.259 e. The summed E-state index contributed by atoms with van der Waals surface area (Å²) in [6, 6.07) is 21.5. The van der Waals surface area contributed by atoms with Crippen LogP contribution in [0.2, 0.25) is 0 Å². The summed E-state index contributed by atoms with van der Waals surface area (Å²) in [4.78, 5) is 13.4. The number of nitrogens with zero attached hydrogens (tertiary/aromatic N) is 3. The molecule has 0 aliphatic carbocycles. The molecule has 1 saturated heterocycles. The summed E-state index contributed by atoms with van der Waals surface area (Å²) in [5.74, 6) is -0.732. The molecule has 0 spiro atoms. The molecule has 1 aliphatic heterocycles. The van der Waals surface area contributed by atoms with Crippen LogP contribution in [-0.2, 0) is 24.8 Å². The SMILES string of the molecule is C/C(=N/NC(=O)[C@H]1CN(S(=O)(=O)c2ccccc2)CCN1S(=O)(=O)c1ccccc1)c1ccc(Br)cc1. The van der Waals surface area contributed by atoms with E-state index in [1.807, 2.05) is 24.3 Å². The number of hydrogen-bond donors (Lipinski definition) is 1. The van der Waals surface area contributed by atoms with Gasteiger partial charge in [-0.05, 0) is 48.9 Å². The molecule has 1 atom stereocenters. The maximum absolute atomic E-state index is 13.5. The average molecular weight is 606 g/mol. The summed E-state index contributed by atoms with van der Waals surface area (Å²) in [6.45, 7) is 1.04. The summed E-state index contributed by atoms with van der Waals surface area (Å²) in [5.41, 5.74) is 3.70. The van der Waals surface area contributed by atoms with Crippen molar-refractivity contribution in [2.75, 3.05) is 19.6 Å². The quantitative estimate of drug-likeness (QED) is 0.329. The fourth-order valence-electron chi connectivity index (χ4n) is 3.90. The Morgan fingerprint density at radius 3 is 1.95 bits per heavy atom. The molecule has 1 heterocycles. The molecular weight excluding hydrogens is 580 g/mol. The van der Waals surface area contributed by atoms with Gasteiger partial charge >= 0.3 is 0 Å². The smallest absolute Gasteiger partial charge is 0.259 e. The van der Waals surface area contributed by atoms with Crippen molar-refractivity contribution in [1.29, 1.82) is 0 Å². The Morgan fingerprint density at radius 2 is 1.38 bits per heavy atom. The van der Waals surface area contributed by atoms with E-state index in [4.69, 9.17) is 0 Å². The Morgan fingerprint density at radius 1 is 0.838 bits per heavy atom. The average Bonchev–Trinajstić information content (AvgIpc) is 2.92. The Balaban J connectivity index is 1.65. The molecule has 3 aromatic carbocycles. The van der Waals surface area contributed by atoms with Gasteiger partial charge in [0, 0.05) is 24.1 Å². The number of piperazine rings is 1. The molecule has 1 N–H and O–H groups in total. The number of hydrazone groups is 1. The van der Waals surface area contributed by atoms with Gasteiger partial charge in [0.15, 0.2) is 0 Å². The number of amides is 1. The number of sulfonamides is 2. The van der Waals surface area contributed by atoms with E-state index in [1.54, 1.807) is 43.3 Å². The third-order valence-corrected chi connectivity index (χ3v) is 10.3. The van der Waals surface area contributed by atoms with Crippen molar-refractivity contribution in [1.82, 2.24) is 14.0 Å². The Hall–Kier alpha value is -2.90. The number of benzene rings is 3. The third-order valence-electron chi connectivity index (χ3n) is 5.92. The van der Waals surface area contributed by atoms with Crippen LogP contribution in [0.25, 0.3) is 0 Å². The first-order chi connectivity index (χ1) is 17.6. The molecule has 12 heteroatoms. The van der Waals surface area contributed by atoms with Crippen LogP contribution in [0.15, 0.2) is 104 Å². The highest BCUT2D eigenvalue weighted by atomic mass is 79.9. The lowest BCUT2D eigenvalue weighted by molar-refractivity contribution is -0.125. The molecular formula is C25H25BrN4O5S2. The van der Waals surface area contributed by atoms with Crippen molar-refractivity contribution in [3.8, 4) is 0 Å². The van der Waals surface area contributed by atoms with Gasteiger partial charge < -0.3 is 0 Å². The molecule has 1 fully saturated rings. The lowest BCUT2D eigenvalue weighted by atomic mass is 10.1. The highest BCUT2D eigenvalue weighted by Crippen LogP contribution is 2.25. The molecule has 0 unspecified atom stereocenters. The second-order valence-electron chi connectivity index (χ2n) is 8.30. The van der Waals surface area contributed by atoms with Crippen molar-refractivity contribution in [2.45, 2.75) is 22.8 Å². The molecule has 3 aromatic rings.